The first kappa shape index (κ1) is 20.9. The molecule has 0 atom stereocenters. The van der Waals surface area contributed by atoms with Crippen molar-refractivity contribution in [3.8, 4) is 0 Å². The van der Waals surface area contributed by atoms with Gasteiger partial charge in [0.05, 0.1) is 13.2 Å². The van der Waals surface area contributed by atoms with Gasteiger partial charge in [-0.25, -0.2) is 14.6 Å². The molecule has 0 spiro atoms. The molecule has 1 aromatic carbocycles. The minimum atomic E-state index is -0.425. The maximum Gasteiger partial charge on any atom is 0.357 e. The Morgan fingerprint density at radius 1 is 1.19 bits per heavy atom. The maximum atomic E-state index is 12.7. The Bertz CT molecular complexity index is 718. The molecule has 0 unspecified atom stereocenters. The molecule has 0 aliphatic heterocycles. The summed E-state index contributed by atoms with van der Waals surface area (Å²) < 4.78 is 4.97. The molecule has 0 radical (unpaired) electrons. The number of nitrogens with one attached hydrogen (secondary N) is 1. The summed E-state index contributed by atoms with van der Waals surface area (Å²) in [4.78, 5) is 30.5. The zero-order valence-electron chi connectivity index (χ0n) is 15.9. The van der Waals surface area contributed by atoms with Gasteiger partial charge >= 0.3 is 12.0 Å². The molecule has 7 heteroatoms. The fourth-order valence-corrected chi connectivity index (χ4v) is 3.31. The summed E-state index contributed by atoms with van der Waals surface area (Å²) in [6.45, 7) is 5.73. The first-order chi connectivity index (χ1) is 13.1. The van der Waals surface area contributed by atoms with E-state index in [1.807, 2.05) is 30.3 Å². The van der Waals surface area contributed by atoms with Crippen molar-refractivity contribution in [2.75, 3.05) is 13.2 Å². The summed E-state index contributed by atoms with van der Waals surface area (Å²) in [6, 6.07) is 9.69. The van der Waals surface area contributed by atoms with Gasteiger partial charge in [0, 0.05) is 18.5 Å². The molecule has 1 N–H and O–H groups in total. The number of unbranched alkanes of at least 4 members (excludes halogenated alkanes) is 2. The molecule has 2 aromatic rings. The fourth-order valence-electron chi connectivity index (χ4n) is 2.54. The first-order valence-electron chi connectivity index (χ1n) is 9.32. The van der Waals surface area contributed by atoms with E-state index in [-0.39, 0.29) is 6.03 Å². The third-order valence-corrected chi connectivity index (χ3v) is 4.80. The predicted octanol–water partition coefficient (Wildman–Crippen LogP) is 4.22. The molecule has 1 heterocycles. The average molecular weight is 390 g/mol. The van der Waals surface area contributed by atoms with Crippen molar-refractivity contribution in [3.05, 3.63) is 52.0 Å². The number of carbonyl (C=O) groups excluding carboxylic acids is 2. The lowest BCUT2D eigenvalue weighted by Crippen LogP contribution is -2.39. The van der Waals surface area contributed by atoms with E-state index in [4.69, 9.17) is 4.74 Å². The van der Waals surface area contributed by atoms with E-state index < -0.39 is 5.97 Å². The second kappa shape index (κ2) is 11.3. The summed E-state index contributed by atoms with van der Waals surface area (Å²) in [7, 11) is 0. The van der Waals surface area contributed by atoms with Gasteiger partial charge in [-0.1, -0.05) is 50.1 Å². The lowest BCUT2D eigenvalue weighted by atomic mass is 10.2. The second-order valence-electron chi connectivity index (χ2n) is 6.12. The number of thiazole rings is 1. The highest BCUT2D eigenvalue weighted by molar-refractivity contribution is 7.09. The third kappa shape index (κ3) is 7.02. The van der Waals surface area contributed by atoms with Crippen LogP contribution in [0.2, 0.25) is 0 Å². The van der Waals surface area contributed by atoms with Gasteiger partial charge in [0.1, 0.15) is 5.01 Å². The van der Waals surface area contributed by atoms with Crippen molar-refractivity contribution in [1.82, 2.24) is 15.2 Å². The number of hydrogen-bond acceptors (Lipinski definition) is 5. The van der Waals surface area contributed by atoms with Crippen molar-refractivity contribution >= 4 is 23.3 Å². The number of ether oxygens (including phenoxy) is 1. The van der Waals surface area contributed by atoms with Crippen LogP contribution < -0.4 is 5.32 Å². The summed E-state index contributed by atoms with van der Waals surface area (Å²) in [6.07, 6.45) is 3.09. The number of rotatable bonds is 10. The normalized spacial score (nSPS) is 10.4. The number of urea groups is 1. The van der Waals surface area contributed by atoms with Crippen molar-refractivity contribution in [1.29, 1.82) is 0 Å². The Hall–Kier alpha value is -2.41. The van der Waals surface area contributed by atoms with Gasteiger partial charge in [0.25, 0.3) is 0 Å². The number of benzene rings is 1. The molecular weight excluding hydrogens is 362 g/mol. The van der Waals surface area contributed by atoms with Crippen LogP contribution in [0.15, 0.2) is 35.7 Å². The van der Waals surface area contributed by atoms with Crippen LogP contribution in [0.4, 0.5) is 4.79 Å². The van der Waals surface area contributed by atoms with Crippen LogP contribution in [0.25, 0.3) is 0 Å². The topological polar surface area (TPSA) is 71.5 Å². The Labute approximate surface area is 164 Å². The van der Waals surface area contributed by atoms with Crippen molar-refractivity contribution in [3.63, 3.8) is 0 Å². The Balaban J connectivity index is 1.98. The van der Waals surface area contributed by atoms with E-state index in [1.165, 1.54) is 11.3 Å². The van der Waals surface area contributed by atoms with Gasteiger partial charge < -0.3 is 15.0 Å². The molecule has 2 amide bonds. The van der Waals surface area contributed by atoms with Gasteiger partial charge in [0.2, 0.25) is 0 Å². The van der Waals surface area contributed by atoms with Gasteiger partial charge in [-0.05, 0) is 18.9 Å². The average Bonchev–Trinajstić information content (AvgIpc) is 3.15. The fraction of sp³-hybridized carbons (Fsp3) is 0.450. The molecule has 0 saturated carbocycles. The van der Waals surface area contributed by atoms with Crippen LogP contribution >= 0.6 is 11.3 Å². The largest absolute Gasteiger partial charge is 0.461 e. The maximum absolute atomic E-state index is 12.7. The number of esters is 1. The number of hydrogen-bond donors (Lipinski definition) is 1. The standard InChI is InChI=1S/C20H27N3O3S/c1-3-5-9-12-23(20(25)21-13-16-10-7-6-8-11-16)14-18-22-17(15-27-18)19(24)26-4-2/h6-8,10-11,15H,3-5,9,12-14H2,1-2H3,(H,21,25). The molecule has 6 nitrogen and oxygen atoms in total. The van der Waals surface area contributed by atoms with E-state index >= 15 is 0 Å². The number of aromatic nitrogens is 1. The number of carbonyl (C=O) groups is 2. The monoisotopic (exact) mass is 389 g/mol. The highest BCUT2D eigenvalue weighted by atomic mass is 32.1. The van der Waals surface area contributed by atoms with Crippen LogP contribution in [0.5, 0.6) is 0 Å². The van der Waals surface area contributed by atoms with Crippen LogP contribution in [-0.4, -0.2) is 35.0 Å². The molecule has 146 valence electrons. The molecule has 27 heavy (non-hydrogen) atoms. The number of amides is 2. The quantitative estimate of drug-likeness (QED) is 0.488. The lowest BCUT2D eigenvalue weighted by Gasteiger charge is -2.22. The molecule has 0 aliphatic carbocycles. The smallest absolute Gasteiger partial charge is 0.357 e. The van der Waals surface area contributed by atoms with Gasteiger partial charge in [-0.15, -0.1) is 11.3 Å². The first-order valence-corrected chi connectivity index (χ1v) is 10.2. The highest BCUT2D eigenvalue weighted by Gasteiger charge is 2.17. The highest BCUT2D eigenvalue weighted by Crippen LogP contribution is 2.14. The third-order valence-electron chi connectivity index (χ3n) is 3.97. The minimum absolute atomic E-state index is 0.122. The Morgan fingerprint density at radius 3 is 2.67 bits per heavy atom. The van der Waals surface area contributed by atoms with Crippen LogP contribution in [0.1, 0.15) is 54.2 Å². The zero-order valence-corrected chi connectivity index (χ0v) is 16.8. The van der Waals surface area contributed by atoms with Crippen LogP contribution in [0.3, 0.4) is 0 Å². The van der Waals surface area contributed by atoms with Gasteiger partial charge in [-0.3, -0.25) is 0 Å². The predicted molar refractivity (Wildman–Crippen MR) is 107 cm³/mol. The molecule has 0 saturated heterocycles. The van der Waals surface area contributed by atoms with E-state index in [2.05, 4.69) is 17.2 Å². The van der Waals surface area contributed by atoms with Crippen molar-refractivity contribution in [2.24, 2.45) is 0 Å². The van der Waals surface area contributed by atoms with Crippen molar-refractivity contribution in [2.45, 2.75) is 46.2 Å². The Kier molecular flexibility index (Phi) is 8.77. The van der Waals surface area contributed by atoms with Gasteiger partial charge in [0.15, 0.2) is 5.69 Å². The van der Waals surface area contributed by atoms with E-state index in [9.17, 15) is 9.59 Å². The second-order valence-corrected chi connectivity index (χ2v) is 7.06. The van der Waals surface area contributed by atoms with Crippen LogP contribution in [-0.2, 0) is 17.8 Å². The molecular formula is C20H27N3O3S. The number of nitrogens with zero attached hydrogens (tertiary/aromatic N) is 2. The van der Waals surface area contributed by atoms with Crippen LogP contribution in [0, 0.1) is 0 Å². The summed E-state index contributed by atoms with van der Waals surface area (Å²) in [5.41, 5.74) is 1.35. The van der Waals surface area contributed by atoms with E-state index in [1.54, 1.807) is 17.2 Å². The molecule has 1 aromatic heterocycles. The molecule has 0 bridgehead atoms. The Morgan fingerprint density at radius 2 is 1.96 bits per heavy atom. The molecule has 0 aliphatic rings. The summed E-state index contributed by atoms with van der Waals surface area (Å²) in [5.74, 6) is -0.425. The summed E-state index contributed by atoms with van der Waals surface area (Å²) >= 11 is 1.37. The molecule has 2 rings (SSSR count). The zero-order chi connectivity index (χ0) is 19.5. The summed E-state index contributed by atoms with van der Waals surface area (Å²) in [5, 5.41) is 5.37. The van der Waals surface area contributed by atoms with Gasteiger partial charge in [-0.2, -0.15) is 0 Å². The van der Waals surface area contributed by atoms with E-state index in [0.717, 1.165) is 29.8 Å². The lowest BCUT2D eigenvalue weighted by molar-refractivity contribution is 0.0520. The SMILES string of the molecule is CCCCCN(Cc1nc(C(=O)OCC)cs1)C(=O)NCc1ccccc1. The van der Waals surface area contributed by atoms with Crippen molar-refractivity contribution < 1.29 is 14.3 Å². The molecule has 0 fully saturated rings. The van der Waals surface area contributed by atoms with E-state index in [0.29, 0.717) is 31.9 Å². The minimum Gasteiger partial charge on any atom is -0.461 e.